The fourth-order valence-electron chi connectivity index (χ4n) is 10.6. The lowest BCUT2D eigenvalue weighted by Crippen LogP contribution is -2.36. The molecule has 4 saturated carbocycles. The van der Waals surface area contributed by atoms with E-state index < -0.39 is 42.1 Å². The molecule has 5 aliphatic rings. The van der Waals surface area contributed by atoms with Crippen LogP contribution in [0, 0.1) is 0 Å². The number of carboxylic acids is 1. The van der Waals surface area contributed by atoms with Gasteiger partial charge < -0.3 is 45.5 Å². The number of aromatic amines is 4. The Morgan fingerprint density at radius 3 is 1.51 bits per heavy atom. The molecule has 1 unspecified atom stereocenters. The number of carbonyl (C=O) groups is 1. The van der Waals surface area contributed by atoms with Gasteiger partial charge >= 0.3 is 5.97 Å². The van der Waals surface area contributed by atoms with Crippen molar-refractivity contribution in [3.05, 3.63) is 135 Å². The van der Waals surface area contributed by atoms with Gasteiger partial charge in [-0.3, -0.25) is 20.4 Å². The van der Waals surface area contributed by atoms with Crippen molar-refractivity contribution in [3.8, 4) is 43.7 Å². The first kappa shape index (κ1) is 75.4. The van der Waals surface area contributed by atoms with Crippen molar-refractivity contribution in [2.24, 2.45) is 15.4 Å². The van der Waals surface area contributed by atoms with Crippen molar-refractivity contribution in [3.63, 3.8) is 0 Å². The van der Waals surface area contributed by atoms with Crippen LogP contribution in [0.15, 0.2) is 113 Å². The first-order valence-corrected chi connectivity index (χ1v) is 42.2. The third-order valence-corrected chi connectivity index (χ3v) is 25.6. The second-order valence-electron chi connectivity index (χ2n) is 25.2. The number of ether oxygens (including phenoxy) is 1. The fraction of sp³-hybridized carbons (Fsp3) is 0.297. The van der Waals surface area contributed by atoms with Crippen LogP contribution in [-0.4, -0.2) is 155 Å². The number of aliphatic hydroxyl groups is 1. The highest BCUT2D eigenvalue weighted by Gasteiger charge is 2.32. The quantitative estimate of drug-likeness (QED) is 0.0209. The molecule has 12 aromatic rings. The van der Waals surface area contributed by atoms with Crippen LogP contribution in [0.3, 0.4) is 0 Å². The van der Waals surface area contributed by atoms with Gasteiger partial charge in [-0.1, -0.05) is 23.2 Å². The number of hydrogen-bond donors (Lipinski definition) is 13. The number of thiophene rings is 3. The molecule has 1 saturated heterocycles. The number of carboxylic acid groups (broad SMARTS) is 1. The van der Waals surface area contributed by atoms with Crippen LogP contribution in [0.25, 0.3) is 43.7 Å². The SMILES string of the molecule is CC(O)c1ccc(-c2ncc(Cl)c(Nc3cc(C4CC4)[nH]n3)n2)o1.CSc1cc(Nc2cc(C3CC3)[nH]n2)nc(-c2ccc(S(N)(=O)=O)s2)n1.NS(=O)(=O)c1ccc(-c2nc(Nc3cc(C4CC4)[nH]n3)cc(N3CCOCC3)n2)s1.NS(=O)(=O)c1ccc(-c2nc(Nc3n[nH]c(C4CC4)c3Cl)cc(C(=O)O)n2)s1.[HH].[HH].[HH].[HH].[HH].[HH].[HH].[HH].[HH].[HH]. The molecule has 1 atom stereocenters. The lowest BCUT2D eigenvalue weighted by molar-refractivity contribution is 0.0690. The zero-order chi connectivity index (χ0) is 75.8. The normalized spacial score (nSPS) is 15.4. The maximum absolute atomic E-state index is 11.7. The summed E-state index contributed by atoms with van der Waals surface area (Å²) in [5.41, 5.74) is 3.93. The van der Waals surface area contributed by atoms with Crippen LogP contribution in [-0.2, 0) is 34.8 Å². The molecule has 584 valence electrons. The summed E-state index contributed by atoms with van der Waals surface area (Å²) in [4.78, 5) is 50.2. The van der Waals surface area contributed by atoms with Gasteiger partial charge in [-0.05, 0) is 113 Å². The number of nitrogens with two attached hydrogens (primary N) is 3. The van der Waals surface area contributed by atoms with Crippen LogP contribution < -0.4 is 41.6 Å². The third kappa shape index (κ3) is 19.0. The van der Waals surface area contributed by atoms with E-state index in [9.17, 15) is 40.3 Å². The molecular formula is C64H86Cl2N24O11S7. The molecule has 0 spiro atoms. The van der Waals surface area contributed by atoms with Gasteiger partial charge in [0.05, 0.1) is 39.7 Å². The number of hydrogen-bond acceptors (Lipinski definition) is 31. The monoisotopic (exact) mass is 1660 g/mol. The van der Waals surface area contributed by atoms with E-state index in [1.54, 1.807) is 31.2 Å². The molecule has 0 amide bonds. The molecule has 0 bridgehead atoms. The molecule has 4 aliphatic carbocycles. The number of nitrogens with one attached hydrogen (secondary N) is 8. The van der Waals surface area contributed by atoms with Gasteiger partial charge in [-0.25, -0.2) is 85.3 Å². The number of halogens is 2. The number of aliphatic hydroxyl groups excluding tert-OH is 1. The minimum atomic E-state index is -3.88. The number of furan rings is 1. The molecule has 12 aromatic heterocycles. The second kappa shape index (κ2) is 31.7. The van der Waals surface area contributed by atoms with Crippen molar-refractivity contribution >= 4 is 157 Å². The van der Waals surface area contributed by atoms with E-state index in [1.165, 1.54) is 86.8 Å². The first-order valence-electron chi connectivity index (χ1n) is 33.1. The number of aromatic carboxylic acids is 1. The molecule has 5 fully saturated rings. The third-order valence-electron chi connectivity index (χ3n) is 16.7. The van der Waals surface area contributed by atoms with E-state index in [1.807, 2.05) is 36.6 Å². The van der Waals surface area contributed by atoms with Crippen molar-refractivity contribution in [2.75, 3.05) is 58.7 Å². The average Bonchev–Trinajstić information content (AvgIpc) is 1.18. The minimum absolute atomic E-state index is 0. The van der Waals surface area contributed by atoms with Crippen LogP contribution in [0.5, 0.6) is 0 Å². The summed E-state index contributed by atoms with van der Waals surface area (Å²) in [6.07, 6.45) is 12.0. The Balaban J connectivity index is 0.000000323. The van der Waals surface area contributed by atoms with Crippen LogP contribution in [0.1, 0.15) is 141 Å². The lowest BCUT2D eigenvalue weighted by atomic mass is 10.3. The van der Waals surface area contributed by atoms with Crippen LogP contribution in [0.2, 0.25) is 10.0 Å². The van der Waals surface area contributed by atoms with Gasteiger partial charge in [0.25, 0.3) is 0 Å². The summed E-state index contributed by atoms with van der Waals surface area (Å²) in [5.74, 6) is 7.94. The number of thioether (sulfide) groups is 1. The summed E-state index contributed by atoms with van der Waals surface area (Å²) in [7, 11) is -11.4. The smallest absolute Gasteiger partial charge is 0.354 e. The number of rotatable bonds is 23. The number of aromatic nitrogens is 16. The summed E-state index contributed by atoms with van der Waals surface area (Å²) >= 11 is 16.9. The van der Waals surface area contributed by atoms with E-state index in [0.29, 0.717) is 131 Å². The molecule has 13 heterocycles. The number of morpholine rings is 1. The fourth-order valence-corrected chi connectivity index (χ4v) is 16.5. The highest BCUT2D eigenvalue weighted by Crippen LogP contribution is 2.46. The minimum Gasteiger partial charge on any atom is -0.477 e. The Bertz CT molecular complexity index is 5690. The van der Waals surface area contributed by atoms with E-state index >= 15 is 0 Å². The molecule has 44 heteroatoms. The summed E-state index contributed by atoms with van der Waals surface area (Å²) in [6, 6.07) is 23.3. The standard InChI is InChI=1S/C18H21N7O3S2.C16H16ClN5O2.C15H13ClN6O4S2.C15H16N6O2S3.10H2/c19-30(26,27)17-4-3-13(29-17)18-21-14(10-16(22-18)25-5-7-28-8-6-25)20-15-9-12(23-24-15)11-1-2-11;1-8(23)12-4-5-13(24-12)16-18-7-10(17)15(20-16)19-14-6-11(21-22-14)9-2-3-9;16-11-12(6-1-2-6)21-22-14(11)20-9-5-7(15(23)24)18-13(19-9)8-3-4-10(27-8)28(17,25)26;1-24-13-7-11(17-12-6-9(20-21-12)8-2-3-8)18-15(19-13)10-4-5-14(25-10)26(16,22)23;;;;;;;;;;/h3-4,9-11H,1-2,5-8H2,(H2,19,26,27)(H2,20,21,22,23,24);4-9,23H,2-3H2,1H3,(H2,18,19,20,21,22);3-6H,1-2H2,(H,23,24)(H2,17,25,26)(H2,18,19,20,21,22);4-8H,2-3H2,1H3,(H2,16,22,23)(H2,17,18,19,20,21);10*1H. The van der Waals surface area contributed by atoms with E-state index in [4.69, 9.17) is 47.8 Å². The van der Waals surface area contributed by atoms with Crippen molar-refractivity contribution in [1.29, 1.82) is 0 Å². The highest BCUT2D eigenvalue weighted by molar-refractivity contribution is 7.98. The van der Waals surface area contributed by atoms with Crippen molar-refractivity contribution in [1.82, 2.24) is 80.7 Å². The maximum Gasteiger partial charge on any atom is 0.354 e. The maximum atomic E-state index is 11.7. The number of H-pyrrole nitrogens is 4. The van der Waals surface area contributed by atoms with Gasteiger partial charge in [-0.2, -0.15) is 20.4 Å². The van der Waals surface area contributed by atoms with Crippen molar-refractivity contribution in [2.45, 2.75) is 106 Å². The second-order valence-corrected chi connectivity index (χ2v) is 35.4. The topological polar surface area (TPSA) is 530 Å². The van der Waals surface area contributed by atoms with Gasteiger partial charge in [-0.15, -0.1) is 45.8 Å². The highest BCUT2D eigenvalue weighted by atomic mass is 35.5. The molecule has 16 N–H and O–H groups in total. The number of sulfonamides is 3. The van der Waals surface area contributed by atoms with E-state index in [-0.39, 0.29) is 44.2 Å². The zero-order valence-corrected chi connectivity index (χ0v) is 64.0. The average molecular weight is 1660 g/mol. The van der Waals surface area contributed by atoms with Gasteiger partial charge in [0, 0.05) is 105 Å². The summed E-state index contributed by atoms with van der Waals surface area (Å²) in [5, 5.41) is 77.4. The Labute approximate surface area is 656 Å². The van der Waals surface area contributed by atoms with E-state index in [2.05, 4.69) is 107 Å². The Kier molecular flexibility index (Phi) is 22.1. The Morgan fingerprint density at radius 2 is 1.05 bits per heavy atom. The molecule has 0 radical (unpaired) electrons. The molecule has 17 rings (SSSR count). The lowest BCUT2D eigenvalue weighted by Gasteiger charge is -2.28. The van der Waals surface area contributed by atoms with Crippen molar-refractivity contribution < 1.29 is 63.7 Å². The van der Waals surface area contributed by atoms with Gasteiger partial charge in [0.1, 0.15) is 62.8 Å². The van der Waals surface area contributed by atoms with Gasteiger partial charge in [0.15, 0.2) is 63.8 Å². The molecule has 0 aromatic carbocycles. The van der Waals surface area contributed by atoms with Crippen LogP contribution >= 0.6 is 69.0 Å². The molecule has 35 nitrogen and oxygen atoms in total. The largest absolute Gasteiger partial charge is 0.477 e. The van der Waals surface area contributed by atoms with E-state index in [0.717, 1.165) is 93.6 Å². The Morgan fingerprint density at radius 1 is 0.574 bits per heavy atom. The number of nitrogens with zero attached hydrogens (tertiary/aromatic N) is 13. The number of anilines is 9. The summed E-state index contributed by atoms with van der Waals surface area (Å²) < 4.78 is 80.3. The molecule has 1 aliphatic heterocycles. The van der Waals surface area contributed by atoms with Gasteiger partial charge in [0.2, 0.25) is 30.1 Å². The molecule has 108 heavy (non-hydrogen) atoms. The molecular weight excluding hydrogens is 1580 g/mol. The summed E-state index contributed by atoms with van der Waals surface area (Å²) in [6.45, 7) is 4.32. The predicted octanol–water partition coefficient (Wildman–Crippen LogP) is 13.7. The Hall–Kier alpha value is -9.41. The first-order chi connectivity index (χ1) is 51.7. The predicted molar refractivity (Wildman–Crippen MR) is 429 cm³/mol. The number of primary sulfonamides is 3. The zero-order valence-electron chi connectivity index (χ0n) is 56.8. The van der Waals surface area contributed by atoms with Crippen LogP contribution in [0.4, 0.5) is 52.4 Å².